The Balaban J connectivity index is 1.60. The van der Waals surface area contributed by atoms with E-state index in [1.807, 2.05) is 0 Å². The zero-order chi connectivity index (χ0) is 24.7. The Hall–Kier alpha value is -3.82. The van der Waals surface area contributed by atoms with E-state index >= 15 is 0 Å². The molecule has 1 atom stereocenters. The van der Waals surface area contributed by atoms with E-state index in [2.05, 4.69) is 0 Å². The highest BCUT2D eigenvalue weighted by Crippen LogP contribution is 2.39. The van der Waals surface area contributed by atoms with E-state index < -0.39 is 28.0 Å². The van der Waals surface area contributed by atoms with E-state index in [4.69, 9.17) is 21.1 Å². The van der Waals surface area contributed by atoms with Crippen LogP contribution >= 0.6 is 11.6 Å². The van der Waals surface area contributed by atoms with Gasteiger partial charge in [0.25, 0.3) is 15.9 Å². The first-order valence-corrected chi connectivity index (χ1v) is 12.4. The van der Waals surface area contributed by atoms with Crippen LogP contribution in [0, 0.1) is 0 Å². The van der Waals surface area contributed by atoms with Crippen molar-refractivity contribution in [2.24, 2.45) is 0 Å². The molecule has 3 aromatic carbocycles. The lowest BCUT2D eigenvalue weighted by Gasteiger charge is -2.35. The number of rotatable bonds is 4. The molecule has 0 radical (unpaired) electrons. The van der Waals surface area contributed by atoms with Crippen LogP contribution in [0.15, 0.2) is 83.9 Å². The van der Waals surface area contributed by atoms with E-state index in [0.717, 1.165) is 4.31 Å². The summed E-state index contributed by atoms with van der Waals surface area (Å²) in [5.74, 6) is -0.932. The summed E-state index contributed by atoms with van der Waals surface area (Å²) < 4.78 is 40.4. The van der Waals surface area contributed by atoms with Gasteiger partial charge in [-0.3, -0.25) is 13.7 Å². The number of aromatic nitrogens is 1. The number of para-hydroxylation sites is 1. The van der Waals surface area contributed by atoms with Gasteiger partial charge >= 0.3 is 5.97 Å². The second kappa shape index (κ2) is 8.75. The number of ether oxygens (including phenoxy) is 2. The zero-order valence-electron chi connectivity index (χ0n) is 18.4. The number of carbonyl (C=O) groups is 2. The number of methoxy groups -OCH3 is 1. The molecule has 178 valence electrons. The largest absolute Gasteiger partial charge is 0.476 e. The van der Waals surface area contributed by atoms with Crippen molar-refractivity contribution < 1.29 is 27.5 Å². The number of sulfonamides is 1. The lowest BCUT2D eigenvalue weighted by molar-refractivity contribution is 0.0602. The number of esters is 1. The number of halogens is 1. The van der Waals surface area contributed by atoms with Crippen molar-refractivity contribution in [3.63, 3.8) is 0 Å². The first-order valence-electron chi connectivity index (χ1n) is 10.6. The maximum absolute atomic E-state index is 13.7. The molecule has 1 aromatic heterocycles. The fourth-order valence-electron chi connectivity index (χ4n) is 4.09. The number of benzene rings is 3. The Kier molecular flexibility index (Phi) is 5.74. The van der Waals surface area contributed by atoms with Gasteiger partial charge in [0.1, 0.15) is 5.75 Å². The topological polar surface area (TPSA) is 94.9 Å². The average molecular weight is 511 g/mol. The highest BCUT2D eigenvalue weighted by molar-refractivity contribution is 7.92. The fourth-order valence-corrected chi connectivity index (χ4v) is 5.75. The Morgan fingerprint density at radius 1 is 1.03 bits per heavy atom. The normalized spacial score (nSPS) is 15.4. The Morgan fingerprint density at radius 3 is 2.49 bits per heavy atom. The number of hydrogen-bond donors (Lipinski definition) is 0. The smallest absolute Gasteiger partial charge is 0.340 e. The van der Waals surface area contributed by atoms with Gasteiger partial charge in [0.15, 0.2) is 6.10 Å². The molecule has 2 heterocycles. The van der Waals surface area contributed by atoms with E-state index in [0.29, 0.717) is 15.9 Å². The Morgan fingerprint density at radius 2 is 1.74 bits per heavy atom. The van der Waals surface area contributed by atoms with Crippen LogP contribution in [0.4, 0.5) is 5.69 Å². The fraction of sp³-hybridized carbons (Fsp3) is 0.120. The van der Waals surface area contributed by atoms with Gasteiger partial charge in [0.05, 0.1) is 35.3 Å². The molecule has 0 spiro atoms. The molecule has 0 saturated carbocycles. The zero-order valence-corrected chi connectivity index (χ0v) is 20.0. The summed E-state index contributed by atoms with van der Waals surface area (Å²) in [5, 5.41) is 0.856. The van der Waals surface area contributed by atoms with Crippen LogP contribution in [0.3, 0.4) is 0 Å². The summed E-state index contributed by atoms with van der Waals surface area (Å²) in [4.78, 5) is 26.0. The molecule has 0 amide bonds. The molecular formula is C25H19ClN2O6S. The average Bonchev–Trinajstić information content (AvgIpc) is 3.27. The second-order valence-electron chi connectivity index (χ2n) is 7.83. The highest BCUT2D eigenvalue weighted by atomic mass is 35.5. The highest BCUT2D eigenvalue weighted by Gasteiger charge is 2.38. The van der Waals surface area contributed by atoms with Gasteiger partial charge in [-0.2, -0.15) is 0 Å². The van der Waals surface area contributed by atoms with Crippen molar-refractivity contribution in [1.29, 1.82) is 0 Å². The molecule has 10 heteroatoms. The van der Waals surface area contributed by atoms with Gasteiger partial charge in [0.2, 0.25) is 0 Å². The van der Waals surface area contributed by atoms with Gasteiger partial charge in [-0.05, 0) is 36.4 Å². The molecule has 0 bridgehead atoms. The van der Waals surface area contributed by atoms with Crippen LogP contribution in [0.5, 0.6) is 5.75 Å². The van der Waals surface area contributed by atoms with E-state index in [9.17, 15) is 18.0 Å². The van der Waals surface area contributed by atoms with Gasteiger partial charge in [-0.1, -0.05) is 48.0 Å². The minimum atomic E-state index is -4.04. The van der Waals surface area contributed by atoms with Crippen molar-refractivity contribution in [2.75, 3.05) is 18.0 Å². The number of fused-ring (bicyclic) bond motifs is 2. The molecule has 1 aliphatic heterocycles. The number of carbonyl (C=O) groups excluding carboxylic acids is 2. The first-order chi connectivity index (χ1) is 16.8. The van der Waals surface area contributed by atoms with Gasteiger partial charge in [-0.25, -0.2) is 13.2 Å². The number of hydrogen-bond acceptors (Lipinski definition) is 6. The third kappa shape index (κ3) is 3.92. The first kappa shape index (κ1) is 22.9. The monoisotopic (exact) mass is 510 g/mol. The molecule has 1 unspecified atom stereocenters. The van der Waals surface area contributed by atoms with Crippen molar-refractivity contribution in [1.82, 2.24) is 4.57 Å². The van der Waals surface area contributed by atoms with Gasteiger partial charge in [0, 0.05) is 16.6 Å². The molecular weight excluding hydrogens is 492 g/mol. The lowest BCUT2D eigenvalue weighted by atomic mass is 10.2. The molecule has 0 aliphatic carbocycles. The van der Waals surface area contributed by atoms with Crippen LogP contribution in [0.25, 0.3) is 10.9 Å². The predicted octanol–water partition coefficient (Wildman–Crippen LogP) is 4.38. The van der Waals surface area contributed by atoms with Gasteiger partial charge < -0.3 is 9.47 Å². The van der Waals surface area contributed by atoms with Crippen molar-refractivity contribution in [2.45, 2.75) is 11.0 Å². The lowest BCUT2D eigenvalue weighted by Crippen LogP contribution is -2.48. The molecule has 1 aliphatic rings. The summed E-state index contributed by atoms with van der Waals surface area (Å²) in [6.07, 6.45) is 0.193. The molecule has 0 N–H and O–H groups in total. The minimum absolute atomic E-state index is 0.0680. The van der Waals surface area contributed by atoms with E-state index in [1.165, 1.54) is 42.1 Å². The Labute approximate surface area is 206 Å². The van der Waals surface area contributed by atoms with E-state index in [1.54, 1.807) is 48.5 Å². The summed E-state index contributed by atoms with van der Waals surface area (Å²) >= 11 is 6.15. The third-order valence-electron chi connectivity index (χ3n) is 5.75. The van der Waals surface area contributed by atoms with Crippen LogP contribution < -0.4 is 9.04 Å². The summed E-state index contributed by atoms with van der Waals surface area (Å²) in [6, 6.07) is 19.4. The SMILES string of the molecule is COC(=O)c1cn(C(=O)C2CN(S(=O)(=O)c3ccccc3)c3cc(Cl)ccc3O2)c2ccccc12. The van der Waals surface area contributed by atoms with Crippen molar-refractivity contribution in [3.05, 3.63) is 89.6 Å². The summed E-state index contributed by atoms with van der Waals surface area (Å²) in [5.41, 5.74) is 0.923. The minimum Gasteiger partial charge on any atom is -0.476 e. The molecule has 35 heavy (non-hydrogen) atoms. The van der Waals surface area contributed by atoms with Gasteiger partial charge in [-0.15, -0.1) is 0 Å². The van der Waals surface area contributed by atoms with Crippen LogP contribution in [-0.4, -0.2) is 44.6 Å². The van der Waals surface area contributed by atoms with Crippen LogP contribution in [-0.2, 0) is 14.8 Å². The van der Waals surface area contributed by atoms with Crippen molar-refractivity contribution >= 4 is 50.1 Å². The molecule has 4 aromatic rings. The maximum Gasteiger partial charge on any atom is 0.340 e. The molecule has 8 nitrogen and oxygen atoms in total. The molecule has 0 saturated heterocycles. The Bertz CT molecular complexity index is 1570. The van der Waals surface area contributed by atoms with Crippen molar-refractivity contribution in [3.8, 4) is 5.75 Å². The second-order valence-corrected chi connectivity index (χ2v) is 10.1. The molecule has 0 fully saturated rings. The predicted molar refractivity (Wildman–Crippen MR) is 131 cm³/mol. The summed E-state index contributed by atoms with van der Waals surface area (Å²) in [7, 11) is -2.78. The van der Waals surface area contributed by atoms with Crippen LogP contribution in [0.2, 0.25) is 5.02 Å². The number of anilines is 1. The quantitative estimate of drug-likeness (QED) is 0.378. The van der Waals surface area contributed by atoms with E-state index in [-0.39, 0.29) is 28.4 Å². The summed E-state index contributed by atoms with van der Waals surface area (Å²) in [6.45, 7) is -0.288. The maximum atomic E-state index is 13.7. The third-order valence-corrected chi connectivity index (χ3v) is 7.78. The number of nitrogens with zero attached hydrogens (tertiary/aromatic N) is 2. The molecule has 5 rings (SSSR count). The standard InChI is InChI=1S/C25H19ClN2O6S/c1-33-25(30)19-14-27(20-10-6-5-9-18(19)20)24(29)23-15-28(21-13-16(26)11-12-22(21)34-23)35(31,32)17-7-3-2-4-8-17/h2-14,23H,15H2,1H3. The van der Waals surface area contributed by atoms with Crippen LogP contribution in [0.1, 0.15) is 15.2 Å².